The number of hydrogen-bond acceptors (Lipinski definition) is 5. The largest absolute Gasteiger partial charge is 0.493 e. The highest BCUT2D eigenvalue weighted by molar-refractivity contribution is 5.27. The molecule has 0 saturated heterocycles. The van der Waals surface area contributed by atoms with Gasteiger partial charge in [-0.1, -0.05) is 0 Å². The van der Waals surface area contributed by atoms with Gasteiger partial charge in [-0.3, -0.25) is 4.68 Å². The third-order valence-electron chi connectivity index (χ3n) is 2.37. The van der Waals surface area contributed by atoms with Gasteiger partial charge in [-0.05, 0) is 6.92 Å². The molecule has 1 N–H and O–H groups in total. The van der Waals surface area contributed by atoms with Crippen molar-refractivity contribution in [3.8, 4) is 5.75 Å². The van der Waals surface area contributed by atoms with Crippen molar-refractivity contribution >= 4 is 0 Å². The van der Waals surface area contributed by atoms with E-state index in [4.69, 9.17) is 14.2 Å². The van der Waals surface area contributed by atoms with Crippen molar-refractivity contribution in [3.05, 3.63) is 11.9 Å². The Bertz CT molecular complexity index is 301. The average molecular weight is 230 g/mol. The second-order valence-electron chi connectivity index (χ2n) is 3.20. The van der Waals surface area contributed by atoms with Crippen LogP contribution in [-0.4, -0.2) is 42.5 Å². The highest BCUT2D eigenvalue weighted by Crippen LogP contribution is 2.28. The quantitative estimate of drug-likeness (QED) is 0.723. The van der Waals surface area contributed by atoms with Gasteiger partial charge in [0.25, 0.3) is 0 Å². The van der Waals surface area contributed by atoms with Gasteiger partial charge in [0.2, 0.25) is 0 Å². The van der Waals surface area contributed by atoms with Gasteiger partial charge in [-0.25, -0.2) is 0 Å². The van der Waals surface area contributed by atoms with Crippen molar-refractivity contribution in [1.82, 2.24) is 9.78 Å². The highest BCUT2D eigenvalue weighted by atomic mass is 16.7. The molecule has 1 aromatic rings. The fourth-order valence-corrected chi connectivity index (χ4v) is 1.57. The van der Waals surface area contributed by atoms with Gasteiger partial charge in [-0.2, -0.15) is 5.10 Å². The van der Waals surface area contributed by atoms with E-state index in [2.05, 4.69) is 5.10 Å². The molecule has 0 aliphatic rings. The molecular formula is C10H18N2O4. The number of aliphatic hydroxyl groups is 1. The number of aromatic nitrogens is 2. The Morgan fingerprint density at radius 2 is 2.00 bits per heavy atom. The molecule has 0 fully saturated rings. The second kappa shape index (κ2) is 5.83. The van der Waals surface area contributed by atoms with E-state index in [0.717, 1.165) is 0 Å². The molecule has 0 radical (unpaired) electrons. The van der Waals surface area contributed by atoms with E-state index >= 15 is 0 Å². The number of aliphatic hydroxyl groups excluding tert-OH is 1. The molecule has 1 aromatic heterocycles. The molecule has 0 aliphatic heterocycles. The van der Waals surface area contributed by atoms with Gasteiger partial charge in [0.05, 0.1) is 13.3 Å². The zero-order chi connectivity index (χ0) is 12.1. The Hall–Kier alpha value is -1.11. The summed E-state index contributed by atoms with van der Waals surface area (Å²) in [6, 6.07) is 0. The molecular weight excluding hydrogens is 212 g/mol. The molecule has 16 heavy (non-hydrogen) atoms. The van der Waals surface area contributed by atoms with E-state index in [1.807, 2.05) is 6.92 Å². The predicted molar refractivity (Wildman–Crippen MR) is 57.2 cm³/mol. The number of ether oxygens (including phenoxy) is 3. The fraction of sp³-hybridized carbons (Fsp3) is 0.700. The lowest BCUT2D eigenvalue weighted by Gasteiger charge is -2.21. The number of nitrogens with zero attached hydrogens (tertiary/aromatic N) is 2. The summed E-state index contributed by atoms with van der Waals surface area (Å²) in [6.07, 6.45) is -0.118. The molecule has 1 rings (SSSR count). The van der Waals surface area contributed by atoms with Crippen LogP contribution in [0.1, 0.15) is 18.7 Å². The third kappa shape index (κ3) is 2.34. The van der Waals surface area contributed by atoms with Crippen molar-refractivity contribution in [2.45, 2.75) is 25.9 Å². The topological polar surface area (TPSA) is 65.7 Å². The maximum Gasteiger partial charge on any atom is 0.188 e. The van der Waals surface area contributed by atoms with E-state index in [1.165, 1.54) is 21.3 Å². The lowest BCUT2D eigenvalue weighted by Crippen LogP contribution is -2.25. The molecule has 0 aromatic carbocycles. The molecule has 0 spiro atoms. The maximum absolute atomic E-state index is 10.1. The molecule has 0 aliphatic carbocycles. The van der Waals surface area contributed by atoms with Gasteiger partial charge in [0.15, 0.2) is 12.0 Å². The van der Waals surface area contributed by atoms with E-state index < -0.39 is 12.4 Å². The van der Waals surface area contributed by atoms with Gasteiger partial charge in [0, 0.05) is 20.8 Å². The van der Waals surface area contributed by atoms with Crippen LogP contribution in [0.15, 0.2) is 6.20 Å². The van der Waals surface area contributed by atoms with Crippen LogP contribution < -0.4 is 4.74 Å². The minimum Gasteiger partial charge on any atom is -0.493 e. The standard InChI is InChI=1S/C10H18N2O4/c1-5-12-8(7(14-2)6-11-12)9(13)10(15-3)16-4/h6,9-10,13H,5H2,1-4H3. The van der Waals surface area contributed by atoms with Gasteiger partial charge < -0.3 is 19.3 Å². The predicted octanol–water partition coefficient (Wildman–Crippen LogP) is 0.564. The summed E-state index contributed by atoms with van der Waals surface area (Å²) in [5.74, 6) is 0.522. The van der Waals surface area contributed by atoms with Crippen LogP contribution in [-0.2, 0) is 16.0 Å². The monoisotopic (exact) mass is 230 g/mol. The number of aryl methyl sites for hydroxylation is 1. The lowest BCUT2D eigenvalue weighted by atomic mass is 10.2. The third-order valence-corrected chi connectivity index (χ3v) is 2.37. The Morgan fingerprint density at radius 3 is 2.44 bits per heavy atom. The summed E-state index contributed by atoms with van der Waals surface area (Å²) in [4.78, 5) is 0. The van der Waals surface area contributed by atoms with Crippen LogP contribution in [0, 0.1) is 0 Å². The van der Waals surface area contributed by atoms with Gasteiger partial charge in [-0.15, -0.1) is 0 Å². The van der Waals surface area contributed by atoms with Gasteiger partial charge in [0.1, 0.15) is 11.8 Å². The molecule has 6 heteroatoms. The van der Waals surface area contributed by atoms with E-state index in [-0.39, 0.29) is 0 Å². The zero-order valence-corrected chi connectivity index (χ0v) is 10.0. The second-order valence-corrected chi connectivity index (χ2v) is 3.20. The van der Waals surface area contributed by atoms with Crippen LogP contribution in [0.4, 0.5) is 0 Å². The van der Waals surface area contributed by atoms with E-state index in [9.17, 15) is 5.11 Å². The molecule has 0 bridgehead atoms. The normalized spacial score (nSPS) is 13.1. The first kappa shape index (κ1) is 13.0. The summed E-state index contributed by atoms with van der Waals surface area (Å²) >= 11 is 0. The minimum atomic E-state index is -0.938. The molecule has 92 valence electrons. The van der Waals surface area contributed by atoms with Crippen molar-refractivity contribution in [1.29, 1.82) is 0 Å². The van der Waals surface area contributed by atoms with Crippen LogP contribution in [0.5, 0.6) is 5.75 Å². The van der Waals surface area contributed by atoms with Crippen molar-refractivity contribution in [2.24, 2.45) is 0 Å². The summed E-state index contributed by atoms with van der Waals surface area (Å²) in [7, 11) is 4.47. The number of rotatable bonds is 6. The molecule has 1 unspecified atom stereocenters. The lowest BCUT2D eigenvalue weighted by molar-refractivity contribution is -0.168. The Kier molecular flexibility index (Phi) is 4.72. The first-order valence-corrected chi connectivity index (χ1v) is 5.02. The summed E-state index contributed by atoms with van der Waals surface area (Å²) in [6.45, 7) is 2.56. The molecule has 0 saturated carbocycles. The highest BCUT2D eigenvalue weighted by Gasteiger charge is 2.27. The smallest absolute Gasteiger partial charge is 0.188 e. The maximum atomic E-state index is 10.1. The first-order valence-electron chi connectivity index (χ1n) is 5.02. The van der Waals surface area contributed by atoms with Crippen LogP contribution >= 0.6 is 0 Å². The van der Waals surface area contributed by atoms with Gasteiger partial charge >= 0.3 is 0 Å². The number of hydrogen-bond donors (Lipinski definition) is 1. The van der Waals surface area contributed by atoms with Crippen LogP contribution in [0.3, 0.4) is 0 Å². The summed E-state index contributed by atoms with van der Waals surface area (Å²) in [5.41, 5.74) is 0.554. The first-order chi connectivity index (χ1) is 7.69. The van der Waals surface area contributed by atoms with E-state index in [0.29, 0.717) is 18.0 Å². The Labute approximate surface area is 94.7 Å². The van der Waals surface area contributed by atoms with E-state index in [1.54, 1.807) is 10.9 Å². The van der Waals surface area contributed by atoms with Crippen molar-refractivity contribution < 1.29 is 19.3 Å². The summed E-state index contributed by atoms with van der Waals surface area (Å²) < 4.78 is 16.8. The SMILES string of the molecule is CCn1ncc(OC)c1C(O)C(OC)OC. The number of methoxy groups -OCH3 is 3. The van der Waals surface area contributed by atoms with Crippen LogP contribution in [0.2, 0.25) is 0 Å². The van der Waals surface area contributed by atoms with Crippen molar-refractivity contribution in [2.75, 3.05) is 21.3 Å². The summed E-state index contributed by atoms with van der Waals surface area (Å²) in [5, 5.41) is 14.2. The Morgan fingerprint density at radius 1 is 1.38 bits per heavy atom. The Balaban J connectivity index is 3.03. The minimum absolute atomic E-state index is 0.522. The molecule has 1 heterocycles. The van der Waals surface area contributed by atoms with Crippen molar-refractivity contribution in [3.63, 3.8) is 0 Å². The average Bonchev–Trinajstić information content (AvgIpc) is 2.72. The fourth-order valence-electron chi connectivity index (χ4n) is 1.57. The molecule has 1 atom stereocenters. The molecule has 6 nitrogen and oxygen atoms in total. The molecule has 0 amide bonds. The zero-order valence-electron chi connectivity index (χ0n) is 10.0. The van der Waals surface area contributed by atoms with Crippen LogP contribution in [0.25, 0.3) is 0 Å².